The van der Waals surface area contributed by atoms with Crippen molar-refractivity contribution in [2.75, 3.05) is 19.6 Å². The van der Waals surface area contributed by atoms with Crippen LogP contribution in [0, 0.1) is 5.92 Å². The minimum atomic E-state index is -0.713. The summed E-state index contributed by atoms with van der Waals surface area (Å²) >= 11 is 16.1. The summed E-state index contributed by atoms with van der Waals surface area (Å²) in [7, 11) is 0. The molecule has 2 amide bonds. The lowest BCUT2D eigenvalue weighted by Gasteiger charge is -2.45. The lowest BCUT2D eigenvalue weighted by atomic mass is 9.83. The van der Waals surface area contributed by atoms with Crippen LogP contribution in [0.25, 0.3) is 0 Å². The van der Waals surface area contributed by atoms with Crippen LogP contribution in [0.1, 0.15) is 49.7 Å². The zero-order chi connectivity index (χ0) is 24.7. The highest BCUT2D eigenvalue weighted by Crippen LogP contribution is 2.51. The van der Waals surface area contributed by atoms with E-state index in [0.29, 0.717) is 28.8 Å². The Bertz CT molecular complexity index is 1110. The molecule has 3 unspecified atom stereocenters. The molecule has 4 fully saturated rings. The fraction of sp³-hybridized carbons (Fsp3) is 0.481. The van der Waals surface area contributed by atoms with E-state index in [-0.39, 0.29) is 23.8 Å². The van der Waals surface area contributed by atoms with Gasteiger partial charge < -0.3 is 15.5 Å². The van der Waals surface area contributed by atoms with Gasteiger partial charge in [0.05, 0.1) is 5.41 Å². The summed E-state index contributed by atoms with van der Waals surface area (Å²) in [5, 5.41) is 7.46. The van der Waals surface area contributed by atoms with E-state index in [1.165, 1.54) is 0 Å². The second kappa shape index (κ2) is 10.0. The van der Waals surface area contributed by atoms with Gasteiger partial charge in [0.1, 0.15) is 6.04 Å². The summed E-state index contributed by atoms with van der Waals surface area (Å²) in [6, 6.07) is 12.6. The number of halogens is 3. The Kier molecular flexibility index (Phi) is 7.19. The second-order valence-electron chi connectivity index (χ2n) is 10.3. The van der Waals surface area contributed by atoms with Crippen LogP contribution in [0.4, 0.5) is 0 Å². The predicted molar refractivity (Wildman–Crippen MR) is 143 cm³/mol. The van der Waals surface area contributed by atoms with E-state index in [9.17, 15) is 9.59 Å². The highest BCUT2D eigenvalue weighted by Gasteiger charge is 2.53. The van der Waals surface area contributed by atoms with E-state index in [1.807, 2.05) is 37.3 Å². The summed E-state index contributed by atoms with van der Waals surface area (Å²) in [6.45, 7) is 5.10. The Labute approximate surface area is 225 Å². The molecule has 2 aromatic carbocycles. The molecule has 2 aromatic rings. The maximum Gasteiger partial charge on any atom is 0.243 e. The number of hydrogen-bond donors (Lipinski definition) is 2. The molecule has 5 nitrogen and oxygen atoms in total. The minimum absolute atomic E-state index is 0.120. The number of nitrogens with zero attached hydrogens (tertiary/aromatic N) is 1. The van der Waals surface area contributed by atoms with Gasteiger partial charge in [-0.2, -0.15) is 0 Å². The van der Waals surface area contributed by atoms with Gasteiger partial charge in [0.25, 0.3) is 0 Å². The number of piperidine rings is 3. The fourth-order valence-electron chi connectivity index (χ4n) is 5.68. The molecule has 1 aliphatic carbocycles. The van der Waals surface area contributed by atoms with Crippen LogP contribution in [0.3, 0.4) is 0 Å². The molecule has 6 rings (SSSR count). The summed E-state index contributed by atoms with van der Waals surface area (Å²) in [6.07, 6.45) is 3.62. The molecule has 2 N–H and O–H groups in total. The van der Waals surface area contributed by atoms with E-state index in [1.54, 1.807) is 12.1 Å². The topological polar surface area (TPSA) is 61.4 Å². The Hall–Kier alpha value is -1.60. The maximum atomic E-state index is 13.7. The SMILES string of the molecule is CC(c1ccc(Br)cc1)C(NC(=O)C1(c2ccc(Cl)cc2Cl)CC1)C(=O)NC1CN2CCC1CC2. The summed E-state index contributed by atoms with van der Waals surface area (Å²) in [5.41, 5.74) is 1.06. The van der Waals surface area contributed by atoms with Crippen molar-refractivity contribution in [1.29, 1.82) is 0 Å². The molecular formula is C27H30BrCl2N3O2. The summed E-state index contributed by atoms with van der Waals surface area (Å²) in [5.74, 6) is 0.0285. The van der Waals surface area contributed by atoms with E-state index >= 15 is 0 Å². The molecule has 8 heteroatoms. The van der Waals surface area contributed by atoms with E-state index < -0.39 is 11.5 Å². The van der Waals surface area contributed by atoms with E-state index in [4.69, 9.17) is 23.2 Å². The van der Waals surface area contributed by atoms with Crippen LogP contribution in [0.15, 0.2) is 46.9 Å². The number of hydrogen-bond acceptors (Lipinski definition) is 3. The van der Waals surface area contributed by atoms with Crippen LogP contribution >= 0.6 is 39.1 Å². The van der Waals surface area contributed by atoms with Crippen molar-refractivity contribution in [2.45, 2.75) is 56.0 Å². The van der Waals surface area contributed by atoms with Crippen molar-refractivity contribution in [1.82, 2.24) is 15.5 Å². The Morgan fingerprint density at radius 1 is 1.09 bits per heavy atom. The summed E-state index contributed by atoms with van der Waals surface area (Å²) < 4.78 is 0.972. The van der Waals surface area contributed by atoms with Crippen molar-refractivity contribution in [2.24, 2.45) is 5.92 Å². The molecule has 3 heterocycles. The maximum absolute atomic E-state index is 13.7. The fourth-order valence-corrected chi connectivity index (χ4v) is 6.53. The van der Waals surface area contributed by atoms with Crippen LogP contribution in [0.5, 0.6) is 0 Å². The van der Waals surface area contributed by atoms with Gasteiger partial charge in [-0.05, 0) is 80.1 Å². The van der Waals surface area contributed by atoms with Crippen molar-refractivity contribution < 1.29 is 9.59 Å². The number of fused-ring (bicyclic) bond motifs is 3. The smallest absolute Gasteiger partial charge is 0.243 e. The Morgan fingerprint density at radius 2 is 1.77 bits per heavy atom. The first-order valence-electron chi connectivity index (χ1n) is 12.3. The minimum Gasteiger partial charge on any atom is -0.350 e. The van der Waals surface area contributed by atoms with Crippen LogP contribution in [-0.4, -0.2) is 48.4 Å². The Balaban J connectivity index is 1.39. The second-order valence-corrected chi connectivity index (χ2v) is 12.0. The van der Waals surface area contributed by atoms with Crippen molar-refractivity contribution in [3.05, 3.63) is 68.1 Å². The molecule has 1 saturated carbocycles. The first-order chi connectivity index (χ1) is 16.8. The van der Waals surface area contributed by atoms with Gasteiger partial charge in [0, 0.05) is 33.0 Å². The highest BCUT2D eigenvalue weighted by molar-refractivity contribution is 9.10. The zero-order valence-electron chi connectivity index (χ0n) is 19.7. The van der Waals surface area contributed by atoms with Gasteiger partial charge in [-0.25, -0.2) is 0 Å². The molecule has 4 aliphatic rings. The van der Waals surface area contributed by atoms with Gasteiger partial charge >= 0.3 is 0 Å². The molecular weight excluding hydrogens is 549 g/mol. The average Bonchev–Trinajstić information content (AvgIpc) is 3.65. The molecule has 186 valence electrons. The van der Waals surface area contributed by atoms with Crippen molar-refractivity contribution in [3.63, 3.8) is 0 Å². The number of benzene rings is 2. The number of amides is 2. The molecule has 3 saturated heterocycles. The van der Waals surface area contributed by atoms with E-state index in [0.717, 1.165) is 48.1 Å². The first kappa shape index (κ1) is 25.1. The van der Waals surface area contributed by atoms with Gasteiger partial charge in [-0.3, -0.25) is 9.59 Å². The van der Waals surface area contributed by atoms with Crippen LogP contribution < -0.4 is 10.6 Å². The number of carbonyl (C=O) groups excluding carboxylic acids is 2. The van der Waals surface area contributed by atoms with Crippen molar-refractivity contribution >= 4 is 50.9 Å². The molecule has 0 spiro atoms. The molecule has 35 heavy (non-hydrogen) atoms. The predicted octanol–water partition coefficient (Wildman–Crippen LogP) is 5.29. The zero-order valence-corrected chi connectivity index (χ0v) is 22.8. The molecule has 3 aliphatic heterocycles. The normalized spacial score (nSPS) is 26.0. The standard InChI is InChI=1S/C27H30BrCl2N3O2/c1-16(17-2-4-19(28)5-3-17)24(25(34)31-23-15-33-12-8-18(23)9-13-33)32-26(35)27(10-11-27)21-7-6-20(29)14-22(21)30/h2-7,14,16,18,23-24H,8-13,15H2,1H3,(H,31,34)(H,32,35). The monoisotopic (exact) mass is 577 g/mol. The summed E-state index contributed by atoms with van der Waals surface area (Å²) in [4.78, 5) is 29.8. The Morgan fingerprint density at radius 3 is 2.34 bits per heavy atom. The van der Waals surface area contributed by atoms with Crippen LogP contribution in [-0.2, 0) is 15.0 Å². The molecule has 2 bridgehead atoms. The quantitative estimate of drug-likeness (QED) is 0.469. The molecule has 3 atom stereocenters. The van der Waals surface area contributed by atoms with E-state index in [2.05, 4.69) is 31.5 Å². The number of nitrogens with one attached hydrogen (secondary N) is 2. The van der Waals surface area contributed by atoms with Gasteiger partial charge in [-0.1, -0.05) is 64.3 Å². The average molecular weight is 579 g/mol. The highest BCUT2D eigenvalue weighted by atomic mass is 79.9. The van der Waals surface area contributed by atoms with Crippen LogP contribution in [0.2, 0.25) is 10.0 Å². The lowest BCUT2D eigenvalue weighted by molar-refractivity contribution is -0.131. The molecule has 0 aromatic heterocycles. The largest absolute Gasteiger partial charge is 0.350 e. The van der Waals surface area contributed by atoms with Gasteiger partial charge in [0.2, 0.25) is 11.8 Å². The number of carbonyl (C=O) groups is 2. The third-order valence-corrected chi connectivity index (χ3v) is 9.16. The third-order valence-electron chi connectivity index (χ3n) is 8.08. The van der Waals surface area contributed by atoms with Crippen molar-refractivity contribution in [3.8, 4) is 0 Å². The van der Waals surface area contributed by atoms with Gasteiger partial charge in [-0.15, -0.1) is 0 Å². The number of rotatable bonds is 7. The third kappa shape index (κ3) is 5.13. The van der Waals surface area contributed by atoms with Gasteiger partial charge in [0.15, 0.2) is 0 Å². The lowest BCUT2D eigenvalue weighted by Crippen LogP contribution is -2.61. The first-order valence-corrected chi connectivity index (χ1v) is 13.9. The molecule has 0 radical (unpaired) electrons.